The zero-order valence-electron chi connectivity index (χ0n) is 17.1. The second-order valence-corrected chi connectivity index (χ2v) is 7.43. The highest BCUT2D eigenvalue weighted by Gasteiger charge is 2.21. The third-order valence-electron chi connectivity index (χ3n) is 4.88. The molecule has 6 nitrogen and oxygen atoms in total. The number of nitrogens with one attached hydrogen (secondary N) is 2. The SMILES string of the molecule is CNCCCCC(NC)C(=O)CCCCCC(CC(=O)C(C)C)C(N)=O. The number of rotatable bonds is 17. The first kappa shape index (κ1) is 24.7. The molecule has 1 amide bonds. The van der Waals surface area contributed by atoms with Crippen LogP contribution in [0.1, 0.15) is 71.6 Å². The topological polar surface area (TPSA) is 101 Å². The molecule has 0 rings (SSSR count). The number of ketones is 2. The molecule has 0 aromatic rings. The van der Waals surface area contributed by atoms with Crippen molar-refractivity contribution in [3.05, 3.63) is 0 Å². The summed E-state index contributed by atoms with van der Waals surface area (Å²) in [5.41, 5.74) is 5.42. The number of carbonyl (C=O) groups is 3. The second-order valence-electron chi connectivity index (χ2n) is 7.43. The summed E-state index contributed by atoms with van der Waals surface area (Å²) in [6.07, 6.45) is 6.91. The minimum Gasteiger partial charge on any atom is -0.369 e. The van der Waals surface area contributed by atoms with Gasteiger partial charge in [-0.2, -0.15) is 0 Å². The summed E-state index contributed by atoms with van der Waals surface area (Å²) in [7, 11) is 3.77. The van der Waals surface area contributed by atoms with Crippen LogP contribution < -0.4 is 16.4 Å². The lowest BCUT2D eigenvalue weighted by Crippen LogP contribution is -2.34. The van der Waals surface area contributed by atoms with Crippen molar-refractivity contribution in [3.63, 3.8) is 0 Å². The molecule has 0 aliphatic rings. The van der Waals surface area contributed by atoms with Gasteiger partial charge in [0.25, 0.3) is 0 Å². The standard InChI is InChI=1S/C20H39N3O3/c1-15(2)19(25)14-16(20(21)26)10-6-5-7-12-18(24)17(23-4)11-8-9-13-22-3/h15-17,22-23H,5-14H2,1-4H3,(H2,21,26). The van der Waals surface area contributed by atoms with Gasteiger partial charge in [0.2, 0.25) is 5.91 Å². The average molecular weight is 370 g/mol. The van der Waals surface area contributed by atoms with Gasteiger partial charge >= 0.3 is 0 Å². The third-order valence-corrected chi connectivity index (χ3v) is 4.88. The van der Waals surface area contributed by atoms with Gasteiger partial charge in [-0.15, -0.1) is 0 Å². The molecule has 2 unspecified atom stereocenters. The van der Waals surface area contributed by atoms with Crippen LogP contribution in [0.4, 0.5) is 0 Å². The first-order valence-electron chi connectivity index (χ1n) is 10.00. The summed E-state index contributed by atoms with van der Waals surface area (Å²) >= 11 is 0. The van der Waals surface area contributed by atoms with Crippen LogP contribution in [0.15, 0.2) is 0 Å². The maximum absolute atomic E-state index is 12.3. The summed E-state index contributed by atoms with van der Waals surface area (Å²) in [6.45, 7) is 4.65. The largest absolute Gasteiger partial charge is 0.369 e. The molecule has 0 aliphatic carbocycles. The first-order chi connectivity index (χ1) is 12.3. The molecule has 0 heterocycles. The quantitative estimate of drug-likeness (QED) is 0.341. The van der Waals surface area contributed by atoms with Crippen molar-refractivity contribution in [3.8, 4) is 0 Å². The van der Waals surface area contributed by atoms with Gasteiger partial charge in [0.1, 0.15) is 11.6 Å². The molecule has 152 valence electrons. The number of unbranched alkanes of at least 4 members (excludes halogenated alkanes) is 3. The van der Waals surface area contributed by atoms with Crippen LogP contribution in [-0.4, -0.2) is 44.2 Å². The minimum atomic E-state index is -0.396. The molecule has 0 fully saturated rings. The van der Waals surface area contributed by atoms with E-state index in [0.29, 0.717) is 12.8 Å². The fraction of sp³-hybridized carbons (Fsp3) is 0.850. The average Bonchev–Trinajstić information content (AvgIpc) is 2.59. The van der Waals surface area contributed by atoms with E-state index in [1.54, 1.807) is 0 Å². The fourth-order valence-electron chi connectivity index (χ4n) is 2.98. The van der Waals surface area contributed by atoms with Gasteiger partial charge in [-0.25, -0.2) is 0 Å². The Morgan fingerprint density at radius 3 is 2.08 bits per heavy atom. The lowest BCUT2D eigenvalue weighted by Gasteiger charge is -2.15. The molecule has 0 aliphatic heterocycles. The molecule has 26 heavy (non-hydrogen) atoms. The molecule has 0 aromatic carbocycles. The number of Topliss-reactive ketones (excluding diaryl/α,β-unsaturated/α-hetero) is 2. The lowest BCUT2D eigenvalue weighted by atomic mass is 9.91. The van der Waals surface area contributed by atoms with Crippen molar-refractivity contribution < 1.29 is 14.4 Å². The van der Waals surface area contributed by atoms with Crippen molar-refractivity contribution in [2.75, 3.05) is 20.6 Å². The predicted molar refractivity (Wildman–Crippen MR) is 106 cm³/mol. The second kappa shape index (κ2) is 14.9. The van der Waals surface area contributed by atoms with Crippen LogP contribution in [0, 0.1) is 11.8 Å². The van der Waals surface area contributed by atoms with E-state index in [2.05, 4.69) is 10.6 Å². The molecular weight excluding hydrogens is 330 g/mol. The number of primary amides is 1. The van der Waals surface area contributed by atoms with Crippen LogP contribution in [0.25, 0.3) is 0 Å². The Kier molecular flexibility index (Phi) is 14.1. The highest BCUT2D eigenvalue weighted by atomic mass is 16.1. The molecule has 0 saturated heterocycles. The van der Waals surface area contributed by atoms with E-state index in [9.17, 15) is 14.4 Å². The zero-order chi connectivity index (χ0) is 19.9. The van der Waals surface area contributed by atoms with Gasteiger partial charge in [-0.05, 0) is 46.3 Å². The molecule has 4 N–H and O–H groups in total. The van der Waals surface area contributed by atoms with Crippen molar-refractivity contribution in [1.82, 2.24) is 10.6 Å². The van der Waals surface area contributed by atoms with E-state index >= 15 is 0 Å². The Balaban J connectivity index is 4.05. The summed E-state index contributed by atoms with van der Waals surface area (Å²) < 4.78 is 0. The Labute approximate surface area is 159 Å². The first-order valence-corrected chi connectivity index (χ1v) is 10.00. The van der Waals surface area contributed by atoms with Crippen molar-refractivity contribution in [2.24, 2.45) is 17.6 Å². The molecule has 2 atom stereocenters. The number of hydrogen-bond donors (Lipinski definition) is 3. The summed E-state index contributed by atoms with van der Waals surface area (Å²) in [5.74, 6) is -0.497. The summed E-state index contributed by atoms with van der Waals surface area (Å²) in [6, 6.07) is -0.0612. The number of amides is 1. The van der Waals surface area contributed by atoms with Crippen LogP contribution in [0.2, 0.25) is 0 Å². The van der Waals surface area contributed by atoms with Crippen LogP contribution in [-0.2, 0) is 14.4 Å². The van der Waals surface area contributed by atoms with E-state index < -0.39 is 5.91 Å². The third kappa shape index (κ3) is 11.4. The van der Waals surface area contributed by atoms with Crippen LogP contribution >= 0.6 is 0 Å². The van der Waals surface area contributed by atoms with Crippen molar-refractivity contribution in [1.29, 1.82) is 0 Å². The van der Waals surface area contributed by atoms with E-state index in [1.165, 1.54) is 0 Å². The molecule has 0 saturated carbocycles. The summed E-state index contributed by atoms with van der Waals surface area (Å²) in [5, 5.41) is 6.23. The Bertz CT molecular complexity index is 425. The van der Waals surface area contributed by atoms with E-state index in [4.69, 9.17) is 5.73 Å². The predicted octanol–water partition coefficient (Wildman–Crippen LogP) is 2.20. The van der Waals surface area contributed by atoms with E-state index in [1.807, 2.05) is 27.9 Å². The van der Waals surface area contributed by atoms with E-state index in [0.717, 1.165) is 45.1 Å². The minimum absolute atomic E-state index is 0.0612. The van der Waals surface area contributed by atoms with Gasteiger partial charge < -0.3 is 16.4 Å². The maximum Gasteiger partial charge on any atom is 0.220 e. The Hall–Kier alpha value is -1.27. The van der Waals surface area contributed by atoms with Gasteiger partial charge in [0.15, 0.2) is 0 Å². The normalized spacial score (nSPS) is 13.6. The van der Waals surface area contributed by atoms with Crippen LogP contribution in [0.3, 0.4) is 0 Å². The van der Waals surface area contributed by atoms with Crippen molar-refractivity contribution in [2.45, 2.75) is 77.7 Å². The molecule has 0 radical (unpaired) electrons. The summed E-state index contributed by atoms with van der Waals surface area (Å²) in [4.78, 5) is 35.6. The number of nitrogens with two attached hydrogens (primary N) is 1. The van der Waals surface area contributed by atoms with Crippen LogP contribution in [0.5, 0.6) is 0 Å². The zero-order valence-corrected chi connectivity index (χ0v) is 17.1. The molecule has 0 aromatic heterocycles. The lowest BCUT2D eigenvalue weighted by molar-refractivity contribution is -0.129. The highest BCUT2D eigenvalue weighted by molar-refractivity contribution is 5.87. The highest BCUT2D eigenvalue weighted by Crippen LogP contribution is 2.17. The van der Waals surface area contributed by atoms with Gasteiger partial charge in [0, 0.05) is 24.7 Å². The maximum atomic E-state index is 12.3. The van der Waals surface area contributed by atoms with Gasteiger partial charge in [0.05, 0.1) is 6.04 Å². The van der Waals surface area contributed by atoms with Crippen molar-refractivity contribution >= 4 is 17.5 Å². The number of likely N-dealkylation sites (N-methyl/N-ethyl adjacent to an activating group) is 1. The fourth-order valence-corrected chi connectivity index (χ4v) is 2.98. The Morgan fingerprint density at radius 1 is 0.885 bits per heavy atom. The smallest absolute Gasteiger partial charge is 0.220 e. The number of carbonyl (C=O) groups excluding carboxylic acids is 3. The van der Waals surface area contributed by atoms with Gasteiger partial charge in [-0.1, -0.05) is 33.1 Å². The molecule has 0 spiro atoms. The van der Waals surface area contributed by atoms with Gasteiger partial charge in [-0.3, -0.25) is 14.4 Å². The molecule has 6 heteroatoms. The monoisotopic (exact) mass is 369 g/mol. The molecular formula is C20H39N3O3. The van der Waals surface area contributed by atoms with E-state index in [-0.39, 0.29) is 35.9 Å². The Morgan fingerprint density at radius 2 is 1.54 bits per heavy atom. The molecule has 0 bridgehead atoms. The number of hydrogen-bond acceptors (Lipinski definition) is 5.